The Balaban J connectivity index is 1.72. The number of carbonyl (C=O) groups excluding carboxylic acids is 2. The van der Waals surface area contributed by atoms with E-state index in [-0.39, 0.29) is 25.6 Å². The molecule has 2 aliphatic heterocycles. The third-order valence-electron chi connectivity index (χ3n) is 4.83. The Morgan fingerprint density at radius 1 is 1.29 bits per heavy atom. The number of morpholine rings is 1. The minimum absolute atomic E-state index is 0.0934. The van der Waals surface area contributed by atoms with Crippen LogP contribution in [0, 0.1) is 0 Å². The average Bonchev–Trinajstić information content (AvgIpc) is 2.65. The standard InChI is InChI=1S/C20H27ClN2O5/c1-20(2,3)28-19(26)23-9-14(12-24)27-17(11-23)18(25)22-8-7-13-5-4-6-16(21)15(13)10-22/h4-6,14,17,24H,7-12H2,1-3H3. The molecule has 0 aromatic heterocycles. The summed E-state index contributed by atoms with van der Waals surface area (Å²) < 4.78 is 11.2. The lowest BCUT2D eigenvalue weighted by Gasteiger charge is -2.40. The molecule has 7 nitrogen and oxygen atoms in total. The van der Waals surface area contributed by atoms with Crippen LogP contribution >= 0.6 is 11.6 Å². The summed E-state index contributed by atoms with van der Waals surface area (Å²) in [5.41, 5.74) is 1.45. The van der Waals surface area contributed by atoms with Gasteiger partial charge in [-0.25, -0.2) is 4.79 Å². The van der Waals surface area contributed by atoms with Crippen LogP contribution in [0.5, 0.6) is 0 Å². The number of hydrogen-bond donors (Lipinski definition) is 1. The van der Waals surface area contributed by atoms with E-state index in [0.717, 1.165) is 11.1 Å². The highest BCUT2D eigenvalue weighted by Gasteiger charge is 2.38. The van der Waals surface area contributed by atoms with Crippen molar-refractivity contribution in [1.29, 1.82) is 0 Å². The lowest BCUT2D eigenvalue weighted by molar-refractivity contribution is -0.160. The average molecular weight is 411 g/mol. The number of fused-ring (bicyclic) bond motifs is 1. The normalized spacial score (nSPS) is 22.6. The molecule has 0 spiro atoms. The van der Waals surface area contributed by atoms with E-state index in [2.05, 4.69) is 0 Å². The van der Waals surface area contributed by atoms with Crippen LogP contribution in [0.2, 0.25) is 5.02 Å². The van der Waals surface area contributed by atoms with E-state index in [9.17, 15) is 14.7 Å². The van der Waals surface area contributed by atoms with E-state index in [0.29, 0.717) is 24.5 Å². The summed E-state index contributed by atoms with van der Waals surface area (Å²) in [7, 11) is 0. The molecule has 1 aromatic rings. The van der Waals surface area contributed by atoms with Crippen LogP contribution in [0.25, 0.3) is 0 Å². The molecule has 1 aromatic carbocycles. The molecule has 3 rings (SSSR count). The van der Waals surface area contributed by atoms with Gasteiger partial charge in [0.25, 0.3) is 5.91 Å². The summed E-state index contributed by atoms with van der Waals surface area (Å²) in [6.07, 6.45) is -1.27. The molecule has 0 bridgehead atoms. The molecular formula is C20H27ClN2O5. The number of amides is 2. The zero-order valence-corrected chi connectivity index (χ0v) is 17.2. The van der Waals surface area contributed by atoms with Gasteiger partial charge in [0.1, 0.15) is 5.60 Å². The van der Waals surface area contributed by atoms with Crippen LogP contribution in [0.3, 0.4) is 0 Å². The molecule has 28 heavy (non-hydrogen) atoms. The molecular weight excluding hydrogens is 384 g/mol. The van der Waals surface area contributed by atoms with Crippen molar-refractivity contribution >= 4 is 23.6 Å². The number of aliphatic hydroxyl groups excluding tert-OH is 1. The molecule has 0 radical (unpaired) electrons. The Labute approximate surface area is 170 Å². The maximum atomic E-state index is 13.1. The monoisotopic (exact) mass is 410 g/mol. The molecule has 154 valence electrons. The molecule has 2 aliphatic rings. The summed E-state index contributed by atoms with van der Waals surface area (Å²) >= 11 is 6.30. The Hall–Kier alpha value is -1.83. The van der Waals surface area contributed by atoms with Crippen molar-refractivity contribution in [2.75, 3.05) is 26.2 Å². The first-order chi connectivity index (χ1) is 13.2. The number of halogens is 1. The molecule has 2 unspecified atom stereocenters. The van der Waals surface area contributed by atoms with Gasteiger partial charge in [-0.05, 0) is 44.4 Å². The Bertz CT molecular complexity index is 749. The zero-order valence-electron chi connectivity index (χ0n) is 16.5. The van der Waals surface area contributed by atoms with Crippen LogP contribution in [0.15, 0.2) is 18.2 Å². The first-order valence-corrected chi connectivity index (χ1v) is 9.85. The van der Waals surface area contributed by atoms with Gasteiger partial charge in [-0.2, -0.15) is 0 Å². The lowest BCUT2D eigenvalue weighted by Crippen LogP contribution is -2.57. The van der Waals surface area contributed by atoms with Crippen molar-refractivity contribution in [3.05, 3.63) is 34.3 Å². The van der Waals surface area contributed by atoms with E-state index < -0.39 is 23.9 Å². The molecule has 0 saturated carbocycles. The molecule has 2 heterocycles. The molecule has 1 N–H and O–H groups in total. The van der Waals surface area contributed by atoms with Gasteiger partial charge in [-0.3, -0.25) is 4.79 Å². The predicted molar refractivity (Wildman–Crippen MR) is 104 cm³/mol. The van der Waals surface area contributed by atoms with Gasteiger partial charge in [0.05, 0.1) is 25.8 Å². The number of rotatable bonds is 2. The van der Waals surface area contributed by atoms with Gasteiger partial charge in [0.2, 0.25) is 0 Å². The van der Waals surface area contributed by atoms with Gasteiger partial charge >= 0.3 is 6.09 Å². The second-order valence-corrected chi connectivity index (χ2v) is 8.61. The van der Waals surface area contributed by atoms with E-state index in [1.54, 1.807) is 25.7 Å². The Kier molecular flexibility index (Phi) is 6.17. The third kappa shape index (κ3) is 4.77. The number of hydrogen-bond acceptors (Lipinski definition) is 5. The fourth-order valence-electron chi connectivity index (χ4n) is 3.48. The van der Waals surface area contributed by atoms with Crippen LogP contribution in [-0.4, -0.2) is 71.0 Å². The molecule has 2 amide bonds. The Morgan fingerprint density at radius 2 is 2.04 bits per heavy atom. The smallest absolute Gasteiger partial charge is 0.410 e. The second-order valence-electron chi connectivity index (χ2n) is 8.20. The van der Waals surface area contributed by atoms with Crippen molar-refractivity contribution in [1.82, 2.24) is 9.80 Å². The van der Waals surface area contributed by atoms with Crippen LogP contribution in [-0.2, 0) is 27.2 Å². The first kappa shape index (κ1) is 20.9. The number of aliphatic hydroxyl groups is 1. The lowest BCUT2D eigenvalue weighted by atomic mass is 9.99. The van der Waals surface area contributed by atoms with Crippen LogP contribution in [0.4, 0.5) is 4.79 Å². The first-order valence-electron chi connectivity index (χ1n) is 9.47. The van der Waals surface area contributed by atoms with E-state index in [1.807, 2.05) is 18.2 Å². The number of carbonyl (C=O) groups is 2. The summed E-state index contributed by atoms with van der Waals surface area (Å²) in [6, 6.07) is 5.75. The zero-order chi connectivity index (χ0) is 20.5. The second kappa shape index (κ2) is 8.27. The SMILES string of the molecule is CC(C)(C)OC(=O)N1CC(CO)OC(C(=O)N2CCc3cccc(Cl)c3C2)C1. The van der Waals surface area contributed by atoms with Crippen molar-refractivity contribution in [3.8, 4) is 0 Å². The van der Waals surface area contributed by atoms with Gasteiger partial charge in [-0.15, -0.1) is 0 Å². The number of ether oxygens (including phenoxy) is 2. The Morgan fingerprint density at radius 3 is 2.71 bits per heavy atom. The summed E-state index contributed by atoms with van der Waals surface area (Å²) in [5.74, 6) is -0.211. The topological polar surface area (TPSA) is 79.3 Å². The minimum atomic E-state index is -0.845. The number of nitrogens with zero attached hydrogens (tertiary/aromatic N) is 2. The fraction of sp³-hybridized carbons (Fsp3) is 0.600. The van der Waals surface area contributed by atoms with E-state index in [1.165, 1.54) is 4.90 Å². The van der Waals surface area contributed by atoms with Crippen LogP contribution in [0.1, 0.15) is 31.9 Å². The van der Waals surface area contributed by atoms with Crippen LogP contribution < -0.4 is 0 Å². The van der Waals surface area contributed by atoms with Crippen molar-refractivity contribution in [3.63, 3.8) is 0 Å². The van der Waals surface area contributed by atoms with Crippen molar-refractivity contribution in [2.45, 2.75) is 51.5 Å². The third-order valence-corrected chi connectivity index (χ3v) is 5.18. The van der Waals surface area contributed by atoms with E-state index >= 15 is 0 Å². The molecule has 0 aliphatic carbocycles. The predicted octanol–water partition coefficient (Wildman–Crippen LogP) is 2.22. The highest BCUT2D eigenvalue weighted by Crippen LogP contribution is 2.27. The largest absolute Gasteiger partial charge is 0.444 e. The maximum absolute atomic E-state index is 13.1. The highest BCUT2D eigenvalue weighted by atomic mass is 35.5. The van der Waals surface area contributed by atoms with E-state index in [4.69, 9.17) is 21.1 Å². The molecule has 8 heteroatoms. The number of benzene rings is 1. The molecule has 1 fully saturated rings. The molecule has 1 saturated heterocycles. The van der Waals surface area contributed by atoms with Gasteiger partial charge < -0.3 is 24.4 Å². The maximum Gasteiger partial charge on any atom is 0.410 e. The minimum Gasteiger partial charge on any atom is -0.444 e. The van der Waals surface area contributed by atoms with Crippen molar-refractivity contribution < 1.29 is 24.2 Å². The van der Waals surface area contributed by atoms with Gasteiger partial charge in [0.15, 0.2) is 6.10 Å². The quantitative estimate of drug-likeness (QED) is 0.808. The summed E-state index contributed by atoms with van der Waals surface area (Å²) in [6.45, 7) is 6.31. The summed E-state index contributed by atoms with van der Waals surface area (Å²) in [5, 5.41) is 10.2. The fourth-order valence-corrected chi connectivity index (χ4v) is 3.74. The summed E-state index contributed by atoms with van der Waals surface area (Å²) in [4.78, 5) is 28.7. The van der Waals surface area contributed by atoms with Crippen molar-refractivity contribution in [2.24, 2.45) is 0 Å². The van der Waals surface area contributed by atoms with Gasteiger partial charge in [0, 0.05) is 18.1 Å². The molecule has 2 atom stereocenters. The highest BCUT2D eigenvalue weighted by molar-refractivity contribution is 6.31. The van der Waals surface area contributed by atoms with Gasteiger partial charge in [-0.1, -0.05) is 23.7 Å².